The SMILES string of the molecule is CC[C@H](Cc1cccc(C#Cc2ccsc2)c1)OCOCCOC. The molecule has 0 saturated carbocycles. The van der Waals surface area contributed by atoms with Crippen LogP contribution in [0.15, 0.2) is 41.1 Å². The largest absolute Gasteiger partial charge is 0.382 e. The molecule has 0 bridgehead atoms. The highest BCUT2D eigenvalue weighted by Crippen LogP contribution is 2.12. The molecule has 0 amide bonds. The number of methoxy groups -OCH3 is 1. The van der Waals surface area contributed by atoms with Crippen molar-refractivity contribution < 1.29 is 14.2 Å². The lowest BCUT2D eigenvalue weighted by Crippen LogP contribution is -2.18. The van der Waals surface area contributed by atoms with Gasteiger partial charge in [-0.1, -0.05) is 30.9 Å². The van der Waals surface area contributed by atoms with E-state index in [0.717, 1.165) is 24.0 Å². The number of ether oxygens (including phenoxy) is 3. The molecule has 1 heterocycles. The fourth-order valence-corrected chi connectivity index (χ4v) is 2.77. The van der Waals surface area contributed by atoms with Gasteiger partial charge in [0.15, 0.2) is 0 Å². The van der Waals surface area contributed by atoms with Gasteiger partial charge in [-0.3, -0.25) is 0 Å². The molecule has 0 saturated heterocycles. The fraction of sp³-hybridized carbons (Fsp3) is 0.400. The van der Waals surface area contributed by atoms with Crippen LogP contribution in [0.2, 0.25) is 0 Å². The van der Waals surface area contributed by atoms with Crippen LogP contribution in [0.3, 0.4) is 0 Å². The van der Waals surface area contributed by atoms with Crippen LogP contribution >= 0.6 is 11.3 Å². The predicted octanol–water partition coefficient (Wildman–Crippen LogP) is 4.11. The summed E-state index contributed by atoms with van der Waals surface area (Å²) in [5.74, 6) is 6.41. The summed E-state index contributed by atoms with van der Waals surface area (Å²) in [5.41, 5.74) is 3.33. The van der Waals surface area contributed by atoms with Gasteiger partial charge in [-0.2, -0.15) is 11.3 Å². The van der Waals surface area contributed by atoms with Crippen molar-refractivity contribution in [2.75, 3.05) is 27.1 Å². The highest BCUT2D eigenvalue weighted by atomic mass is 32.1. The Kier molecular flexibility index (Phi) is 8.58. The molecule has 4 heteroatoms. The molecule has 0 aliphatic heterocycles. The molecule has 0 aliphatic carbocycles. The average Bonchev–Trinajstić information content (AvgIpc) is 3.12. The smallest absolute Gasteiger partial charge is 0.147 e. The van der Waals surface area contributed by atoms with Gasteiger partial charge in [0.1, 0.15) is 6.79 Å². The molecule has 3 nitrogen and oxygen atoms in total. The van der Waals surface area contributed by atoms with Gasteiger partial charge in [0.2, 0.25) is 0 Å². The van der Waals surface area contributed by atoms with Gasteiger partial charge >= 0.3 is 0 Å². The highest BCUT2D eigenvalue weighted by molar-refractivity contribution is 7.08. The summed E-state index contributed by atoms with van der Waals surface area (Å²) in [6, 6.07) is 10.4. The van der Waals surface area contributed by atoms with Crippen LogP contribution in [0, 0.1) is 11.8 Å². The Hall–Kier alpha value is -1.64. The van der Waals surface area contributed by atoms with Gasteiger partial charge < -0.3 is 14.2 Å². The van der Waals surface area contributed by atoms with Crippen molar-refractivity contribution in [3.05, 3.63) is 57.8 Å². The van der Waals surface area contributed by atoms with Gasteiger partial charge in [-0.05, 0) is 42.0 Å². The van der Waals surface area contributed by atoms with Crippen molar-refractivity contribution in [3.63, 3.8) is 0 Å². The standard InChI is InChI=1S/C20H24O3S/c1-3-20(23-16-22-11-10-21-2)14-19-6-4-5-17(13-19)7-8-18-9-12-24-15-18/h4-6,9,12-13,15,20H,3,10-11,14,16H2,1-2H3/t20-/m1/s1. The Balaban J connectivity index is 1.87. The summed E-state index contributed by atoms with van der Waals surface area (Å²) in [7, 11) is 1.66. The first-order valence-electron chi connectivity index (χ1n) is 8.13. The van der Waals surface area contributed by atoms with Crippen molar-refractivity contribution in [3.8, 4) is 11.8 Å². The molecule has 0 radical (unpaired) electrons. The number of hydrogen-bond acceptors (Lipinski definition) is 4. The minimum absolute atomic E-state index is 0.146. The second-order valence-electron chi connectivity index (χ2n) is 5.38. The van der Waals surface area contributed by atoms with Gasteiger partial charge in [-0.25, -0.2) is 0 Å². The Morgan fingerprint density at radius 1 is 1.12 bits per heavy atom. The molecule has 2 aromatic rings. The van der Waals surface area contributed by atoms with Gasteiger partial charge in [0, 0.05) is 23.6 Å². The van der Waals surface area contributed by atoms with E-state index in [0.29, 0.717) is 20.0 Å². The number of hydrogen-bond donors (Lipinski definition) is 0. The first-order valence-corrected chi connectivity index (χ1v) is 9.07. The first-order chi connectivity index (χ1) is 11.8. The van der Waals surface area contributed by atoms with E-state index in [1.807, 2.05) is 17.5 Å². The monoisotopic (exact) mass is 344 g/mol. The number of benzene rings is 1. The van der Waals surface area contributed by atoms with Crippen LogP contribution in [-0.2, 0) is 20.6 Å². The minimum Gasteiger partial charge on any atom is -0.382 e. The molecule has 0 fully saturated rings. The van der Waals surface area contributed by atoms with Crippen molar-refractivity contribution in [1.82, 2.24) is 0 Å². The zero-order valence-corrected chi connectivity index (χ0v) is 15.1. The second-order valence-corrected chi connectivity index (χ2v) is 6.16. The Labute approximate surface area is 148 Å². The molecule has 2 rings (SSSR count). The highest BCUT2D eigenvalue weighted by Gasteiger charge is 2.08. The zero-order chi connectivity index (χ0) is 17.0. The van der Waals surface area contributed by atoms with E-state index >= 15 is 0 Å². The van der Waals surface area contributed by atoms with Crippen LogP contribution in [0.5, 0.6) is 0 Å². The van der Waals surface area contributed by atoms with Crippen LogP contribution in [0.1, 0.15) is 30.0 Å². The second kappa shape index (κ2) is 11.0. The third-order valence-electron chi connectivity index (χ3n) is 3.54. The summed E-state index contributed by atoms with van der Waals surface area (Å²) in [6.45, 7) is 3.57. The maximum absolute atomic E-state index is 5.79. The summed E-state index contributed by atoms with van der Waals surface area (Å²) in [6.07, 6.45) is 1.95. The number of rotatable bonds is 9. The maximum Gasteiger partial charge on any atom is 0.147 e. The topological polar surface area (TPSA) is 27.7 Å². The van der Waals surface area contributed by atoms with Crippen LogP contribution in [0.4, 0.5) is 0 Å². The molecule has 24 heavy (non-hydrogen) atoms. The van der Waals surface area contributed by atoms with Crippen molar-refractivity contribution in [1.29, 1.82) is 0 Å². The van der Waals surface area contributed by atoms with E-state index in [1.54, 1.807) is 18.4 Å². The molecule has 1 aromatic heterocycles. The molecule has 0 aliphatic rings. The molecule has 0 N–H and O–H groups in total. The van der Waals surface area contributed by atoms with Crippen molar-refractivity contribution in [2.45, 2.75) is 25.9 Å². The average molecular weight is 344 g/mol. The lowest BCUT2D eigenvalue weighted by molar-refractivity contribution is -0.0977. The summed E-state index contributed by atoms with van der Waals surface area (Å²) in [5, 5.41) is 4.10. The molecular formula is C20H24O3S. The molecule has 0 unspecified atom stereocenters. The third kappa shape index (κ3) is 6.86. The predicted molar refractivity (Wildman–Crippen MR) is 98.3 cm³/mol. The van der Waals surface area contributed by atoms with Crippen molar-refractivity contribution in [2.24, 2.45) is 0 Å². The lowest BCUT2D eigenvalue weighted by atomic mass is 10.0. The van der Waals surface area contributed by atoms with Crippen molar-refractivity contribution >= 4 is 11.3 Å². The Morgan fingerprint density at radius 3 is 2.75 bits per heavy atom. The quantitative estimate of drug-likeness (QED) is 0.389. The summed E-state index contributed by atoms with van der Waals surface area (Å²) < 4.78 is 16.1. The van der Waals surface area contributed by atoms with Gasteiger partial charge in [-0.15, -0.1) is 0 Å². The minimum atomic E-state index is 0.146. The van der Waals surface area contributed by atoms with E-state index in [4.69, 9.17) is 14.2 Å². The van der Waals surface area contributed by atoms with E-state index in [9.17, 15) is 0 Å². The van der Waals surface area contributed by atoms with E-state index in [1.165, 1.54) is 5.56 Å². The Bertz CT molecular complexity index is 640. The molecule has 1 atom stereocenters. The Morgan fingerprint density at radius 2 is 2.00 bits per heavy atom. The van der Waals surface area contributed by atoms with Crippen LogP contribution in [-0.4, -0.2) is 33.2 Å². The molecule has 0 spiro atoms. The molecule has 128 valence electrons. The molecule has 1 aromatic carbocycles. The zero-order valence-electron chi connectivity index (χ0n) is 14.3. The fourth-order valence-electron chi connectivity index (χ4n) is 2.19. The third-order valence-corrected chi connectivity index (χ3v) is 4.22. The van der Waals surface area contributed by atoms with Crippen LogP contribution in [0.25, 0.3) is 0 Å². The first kappa shape index (κ1) is 18.7. The lowest BCUT2D eigenvalue weighted by Gasteiger charge is -2.16. The summed E-state index contributed by atoms with van der Waals surface area (Å²) in [4.78, 5) is 0. The van der Waals surface area contributed by atoms with Crippen LogP contribution < -0.4 is 0 Å². The summed E-state index contributed by atoms with van der Waals surface area (Å²) >= 11 is 1.66. The van der Waals surface area contributed by atoms with E-state index in [2.05, 4.69) is 42.3 Å². The maximum atomic E-state index is 5.79. The number of thiophene rings is 1. The van der Waals surface area contributed by atoms with E-state index in [-0.39, 0.29) is 6.10 Å². The normalized spacial score (nSPS) is 11.8. The van der Waals surface area contributed by atoms with Gasteiger partial charge in [0.25, 0.3) is 0 Å². The molecular weight excluding hydrogens is 320 g/mol. The van der Waals surface area contributed by atoms with Gasteiger partial charge in [0.05, 0.1) is 19.3 Å². The van der Waals surface area contributed by atoms with E-state index < -0.39 is 0 Å².